The molecule has 0 aliphatic carbocycles. The number of amides is 1. The lowest BCUT2D eigenvalue weighted by molar-refractivity contribution is -0.128. The maximum absolute atomic E-state index is 12.4. The maximum atomic E-state index is 12.4. The predicted octanol–water partition coefficient (Wildman–Crippen LogP) is 5.03. The Kier molecular flexibility index (Phi) is 8.46. The highest BCUT2D eigenvalue weighted by molar-refractivity contribution is 6.32. The minimum absolute atomic E-state index is 0.113. The van der Waals surface area contributed by atoms with Gasteiger partial charge in [-0.25, -0.2) is 0 Å². The number of hydrogen-bond donors (Lipinski definition) is 1. The second-order valence-electron chi connectivity index (χ2n) is 6.65. The van der Waals surface area contributed by atoms with Gasteiger partial charge in [0.15, 0.2) is 6.10 Å². The summed E-state index contributed by atoms with van der Waals surface area (Å²) in [4.78, 5) is 12.4. The number of rotatable bonds is 10. The van der Waals surface area contributed by atoms with Crippen LogP contribution in [0.15, 0.2) is 48.5 Å². The summed E-state index contributed by atoms with van der Waals surface area (Å²) in [5.41, 5.74) is 1.22. The largest absolute Gasteiger partial charge is 0.491 e. The minimum atomic E-state index is -0.544. The van der Waals surface area contributed by atoms with Crippen LogP contribution < -0.4 is 14.8 Å². The standard InChI is InChI=1S/C22H28ClNO3/c1-4-20(27-21-10-6-5-9-19(21)23)22(25)24-15-7-8-17-11-13-18(14-12-17)26-16(2)3/h5-6,9-14,16,20H,4,7-8,15H2,1-3H3,(H,24,25)/t20-/m0/s1. The van der Waals surface area contributed by atoms with E-state index in [1.165, 1.54) is 5.56 Å². The zero-order valence-electron chi connectivity index (χ0n) is 16.2. The normalized spacial score (nSPS) is 11.9. The van der Waals surface area contributed by atoms with E-state index in [1.807, 2.05) is 45.0 Å². The van der Waals surface area contributed by atoms with Crippen LogP contribution in [0.1, 0.15) is 39.2 Å². The summed E-state index contributed by atoms with van der Waals surface area (Å²) in [6.07, 6.45) is 1.96. The van der Waals surface area contributed by atoms with Crippen molar-refractivity contribution in [1.82, 2.24) is 5.32 Å². The first-order valence-corrected chi connectivity index (χ1v) is 9.82. The smallest absolute Gasteiger partial charge is 0.261 e. The third-order valence-electron chi connectivity index (χ3n) is 4.01. The summed E-state index contributed by atoms with van der Waals surface area (Å²) in [6.45, 7) is 6.54. The molecular weight excluding hydrogens is 362 g/mol. The Morgan fingerprint density at radius 1 is 1.07 bits per heavy atom. The first-order chi connectivity index (χ1) is 13.0. The molecule has 0 saturated carbocycles. The maximum Gasteiger partial charge on any atom is 0.261 e. The molecule has 0 bridgehead atoms. The quantitative estimate of drug-likeness (QED) is 0.579. The van der Waals surface area contributed by atoms with E-state index < -0.39 is 6.10 Å². The number of halogens is 1. The predicted molar refractivity (Wildman–Crippen MR) is 110 cm³/mol. The zero-order valence-corrected chi connectivity index (χ0v) is 17.0. The number of ether oxygens (including phenoxy) is 2. The number of para-hydroxylation sites is 1. The van der Waals surface area contributed by atoms with Crippen LogP contribution in [-0.4, -0.2) is 24.7 Å². The van der Waals surface area contributed by atoms with E-state index in [0.29, 0.717) is 23.7 Å². The van der Waals surface area contributed by atoms with Gasteiger partial charge in [-0.15, -0.1) is 0 Å². The van der Waals surface area contributed by atoms with Crippen LogP contribution >= 0.6 is 11.6 Å². The molecule has 0 heterocycles. The molecule has 1 amide bonds. The molecule has 2 rings (SSSR count). The highest BCUT2D eigenvalue weighted by Gasteiger charge is 2.18. The van der Waals surface area contributed by atoms with Crippen molar-refractivity contribution in [3.63, 3.8) is 0 Å². The molecular formula is C22H28ClNO3. The van der Waals surface area contributed by atoms with Crippen LogP contribution in [-0.2, 0) is 11.2 Å². The lowest BCUT2D eigenvalue weighted by Gasteiger charge is -2.18. The monoisotopic (exact) mass is 389 g/mol. The summed E-state index contributed by atoms with van der Waals surface area (Å²) in [6, 6.07) is 15.3. The molecule has 27 heavy (non-hydrogen) atoms. The van der Waals surface area contributed by atoms with Crippen molar-refractivity contribution >= 4 is 17.5 Å². The number of hydrogen-bond acceptors (Lipinski definition) is 3. The fourth-order valence-electron chi connectivity index (χ4n) is 2.64. The SMILES string of the molecule is CC[C@H](Oc1ccccc1Cl)C(=O)NCCCc1ccc(OC(C)C)cc1. The second-order valence-corrected chi connectivity index (χ2v) is 7.06. The number of benzene rings is 2. The molecule has 2 aromatic carbocycles. The van der Waals surface area contributed by atoms with Gasteiger partial charge in [0, 0.05) is 6.54 Å². The fourth-order valence-corrected chi connectivity index (χ4v) is 2.82. The van der Waals surface area contributed by atoms with Gasteiger partial charge >= 0.3 is 0 Å². The van der Waals surface area contributed by atoms with Gasteiger partial charge in [0.25, 0.3) is 5.91 Å². The Morgan fingerprint density at radius 2 is 1.78 bits per heavy atom. The van der Waals surface area contributed by atoms with Gasteiger partial charge < -0.3 is 14.8 Å². The molecule has 0 radical (unpaired) electrons. The van der Waals surface area contributed by atoms with Crippen LogP contribution in [0.25, 0.3) is 0 Å². The van der Waals surface area contributed by atoms with E-state index in [2.05, 4.69) is 17.4 Å². The van der Waals surface area contributed by atoms with Gasteiger partial charge in [-0.05, 0) is 62.9 Å². The van der Waals surface area contributed by atoms with Crippen LogP contribution in [0, 0.1) is 0 Å². The molecule has 0 unspecified atom stereocenters. The van der Waals surface area contributed by atoms with Gasteiger partial charge in [-0.2, -0.15) is 0 Å². The van der Waals surface area contributed by atoms with E-state index in [9.17, 15) is 4.79 Å². The average molecular weight is 390 g/mol. The number of carbonyl (C=O) groups excluding carboxylic acids is 1. The van der Waals surface area contributed by atoms with Crippen LogP contribution in [0.3, 0.4) is 0 Å². The van der Waals surface area contributed by atoms with Crippen molar-refractivity contribution < 1.29 is 14.3 Å². The summed E-state index contributed by atoms with van der Waals surface area (Å²) >= 11 is 6.10. The molecule has 0 aromatic heterocycles. The topological polar surface area (TPSA) is 47.6 Å². The molecule has 0 aliphatic heterocycles. The van der Waals surface area contributed by atoms with E-state index in [0.717, 1.165) is 18.6 Å². The Bertz CT molecular complexity index is 716. The van der Waals surface area contributed by atoms with Crippen molar-refractivity contribution in [3.05, 3.63) is 59.1 Å². The minimum Gasteiger partial charge on any atom is -0.491 e. The molecule has 0 fully saturated rings. The highest BCUT2D eigenvalue weighted by atomic mass is 35.5. The number of carbonyl (C=O) groups is 1. The van der Waals surface area contributed by atoms with E-state index >= 15 is 0 Å². The Balaban J connectivity index is 1.75. The third kappa shape index (κ3) is 7.14. The number of aryl methyl sites for hydroxylation is 1. The first kappa shape index (κ1) is 21.1. The van der Waals surface area contributed by atoms with Crippen LogP contribution in [0.2, 0.25) is 5.02 Å². The Morgan fingerprint density at radius 3 is 2.41 bits per heavy atom. The molecule has 2 aromatic rings. The Labute approximate surface area is 166 Å². The summed E-state index contributed by atoms with van der Waals surface area (Å²) in [5, 5.41) is 3.46. The molecule has 4 nitrogen and oxygen atoms in total. The van der Waals surface area contributed by atoms with E-state index in [1.54, 1.807) is 12.1 Å². The number of nitrogens with one attached hydrogen (secondary N) is 1. The van der Waals surface area contributed by atoms with E-state index in [-0.39, 0.29) is 12.0 Å². The summed E-state index contributed by atoms with van der Waals surface area (Å²) in [5.74, 6) is 1.30. The van der Waals surface area contributed by atoms with Crippen molar-refractivity contribution in [1.29, 1.82) is 0 Å². The van der Waals surface area contributed by atoms with Crippen molar-refractivity contribution in [3.8, 4) is 11.5 Å². The fraction of sp³-hybridized carbons (Fsp3) is 0.409. The van der Waals surface area contributed by atoms with Gasteiger partial charge in [-0.3, -0.25) is 4.79 Å². The highest BCUT2D eigenvalue weighted by Crippen LogP contribution is 2.24. The van der Waals surface area contributed by atoms with Crippen molar-refractivity contribution in [2.45, 2.75) is 52.2 Å². The molecule has 0 spiro atoms. The van der Waals surface area contributed by atoms with Gasteiger partial charge in [0.1, 0.15) is 11.5 Å². The third-order valence-corrected chi connectivity index (χ3v) is 4.32. The summed E-state index contributed by atoms with van der Waals surface area (Å²) < 4.78 is 11.4. The lowest BCUT2D eigenvalue weighted by atomic mass is 10.1. The molecule has 1 atom stereocenters. The van der Waals surface area contributed by atoms with E-state index in [4.69, 9.17) is 21.1 Å². The first-order valence-electron chi connectivity index (χ1n) is 9.44. The van der Waals surface area contributed by atoms with Gasteiger partial charge in [0.2, 0.25) is 0 Å². The molecule has 5 heteroatoms. The van der Waals surface area contributed by atoms with Crippen LogP contribution in [0.4, 0.5) is 0 Å². The molecule has 0 saturated heterocycles. The molecule has 146 valence electrons. The van der Waals surface area contributed by atoms with Crippen molar-refractivity contribution in [2.75, 3.05) is 6.54 Å². The van der Waals surface area contributed by atoms with Crippen molar-refractivity contribution in [2.24, 2.45) is 0 Å². The molecule has 0 aliphatic rings. The van der Waals surface area contributed by atoms with Gasteiger partial charge in [-0.1, -0.05) is 42.8 Å². The molecule has 1 N–H and O–H groups in total. The zero-order chi connectivity index (χ0) is 19.6. The Hall–Kier alpha value is -2.20. The second kappa shape index (κ2) is 10.8. The lowest BCUT2D eigenvalue weighted by Crippen LogP contribution is -2.38. The summed E-state index contributed by atoms with van der Waals surface area (Å²) in [7, 11) is 0. The van der Waals surface area contributed by atoms with Gasteiger partial charge in [0.05, 0.1) is 11.1 Å². The average Bonchev–Trinajstić information content (AvgIpc) is 2.65. The van der Waals surface area contributed by atoms with Crippen LogP contribution in [0.5, 0.6) is 11.5 Å².